The summed E-state index contributed by atoms with van der Waals surface area (Å²) in [5.41, 5.74) is 0. The van der Waals surface area contributed by atoms with Crippen LogP contribution in [0.2, 0.25) is 5.02 Å². The monoisotopic (exact) mass is 201 g/mol. The lowest BCUT2D eigenvalue weighted by Crippen LogP contribution is -2.37. The maximum atomic E-state index is 5.75. The fourth-order valence-electron chi connectivity index (χ4n) is 1.36. The van der Waals surface area contributed by atoms with Gasteiger partial charge in [-0.15, -0.1) is 0 Å². The van der Waals surface area contributed by atoms with Crippen molar-refractivity contribution < 1.29 is 4.74 Å². The Bertz CT molecular complexity index is 270. The molecule has 0 N–H and O–H groups in total. The molecule has 0 radical (unpaired) electrons. The second kappa shape index (κ2) is 4.09. The molecule has 1 aliphatic rings. The van der Waals surface area contributed by atoms with E-state index in [1.54, 1.807) is 6.20 Å². The average molecular weight is 202 g/mol. The number of nitrogens with zero attached hydrogens (tertiary/aromatic N) is 3. The number of hydrogen-bond acceptors (Lipinski definition) is 3. The molecule has 5 heteroatoms. The Morgan fingerprint density at radius 2 is 2.23 bits per heavy atom. The van der Waals surface area contributed by atoms with Crippen LogP contribution >= 0.6 is 11.6 Å². The predicted octanol–water partition coefficient (Wildman–Crippen LogP) is 0.826. The molecular weight excluding hydrogens is 190 g/mol. The second-order valence-corrected chi connectivity index (χ2v) is 3.51. The topological polar surface area (TPSA) is 30.3 Å². The van der Waals surface area contributed by atoms with E-state index in [1.165, 1.54) is 0 Å². The van der Waals surface area contributed by atoms with E-state index in [4.69, 9.17) is 16.3 Å². The normalized spacial score (nSPS) is 19.2. The minimum absolute atomic E-state index is 0.688. The van der Waals surface area contributed by atoms with Crippen LogP contribution < -0.4 is 0 Å². The van der Waals surface area contributed by atoms with Gasteiger partial charge in [-0.2, -0.15) is 5.10 Å². The molecule has 0 unspecified atom stereocenters. The smallest absolute Gasteiger partial charge is 0.0930 e. The van der Waals surface area contributed by atoms with Crippen molar-refractivity contribution in [2.24, 2.45) is 0 Å². The maximum Gasteiger partial charge on any atom is 0.0930 e. The molecule has 0 amide bonds. The van der Waals surface area contributed by atoms with Crippen molar-refractivity contribution in [3.63, 3.8) is 0 Å². The number of ether oxygens (including phenoxy) is 1. The van der Waals surface area contributed by atoms with Crippen molar-refractivity contribution in [1.82, 2.24) is 14.7 Å². The minimum Gasteiger partial charge on any atom is -0.379 e. The molecule has 0 aromatic carbocycles. The van der Waals surface area contributed by atoms with Crippen LogP contribution in [0.3, 0.4) is 0 Å². The summed E-state index contributed by atoms with van der Waals surface area (Å²) in [6.07, 6.45) is 3.49. The number of rotatable bonds is 2. The average Bonchev–Trinajstić information content (AvgIpc) is 2.53. The van der Waals surface area contributed by atoms with E-state index in [0.717, 1.165) is 33.0 Å². The molecule has 1 aromatic rings. The van der Waals surface area contributed by atoms with Gasteiger partial charge >= 0.3 is 0 Å². The molecule has 13 heavy (non-hydrogen) atoms. The first-order chi connectivity index (χ1) is 6.34. The molecule has 1 fully saturated rings. The number of halogens is 1. The van der Waals surface area contributed by atoms with Crippen molar-refractivity contribution in [2.45, 2.75) is 6.67 Å². The van der Waals surface area contributed by atoms with Crippen molar-refractivity contribution in [3.05, 3.63) is 17.4 Å². The first-order valence-corrected chi connectivity index (χ1v) is 4.70. The summed E-state index contributed by atoms with van der Waals surface area (Å²) in [6, 6.07) is 0. The summed E-state index contributed by atoms with van der Waals surface area (Å²) in [5.74, 6) is 0. The molecule has 0 saturated carbocycles. The van der Waals surface area contributed by atoms with E-state index in [0.29, 0.717) is 5.02 Å². The van der Waals surface area contributed by atoms with E-state index in [9.17, 15) is 0 Å². The van der Waals surface area contributed by atoms with Gasteiger partial charge in [0.25, 0.3) is 0 Å². The summed E-state index contributed by atoms with van der Waals surface area (Å²) in [4.78, 5) is 2.28. The Morgan fingerprint density at radius 1 is 1.46 bits per heavy atom. The van der Waals surface area contributed by atoms with Crippen LogP contribution in [0.4, 0.5) is 0 Å². The van der Waals surface area contributed by atoms with E-state index >= 15 is 0 Å². The first-order valence-electron chi connectivity index (χ1n) is 4.32. The van der Waals surface area contributed by atoms with Gasteiger partial charge in [0, 0.05) is 19.3 Å². The molecule has 1 saturated heterocycles. The zero-order chi connectivity index (χ0) is 9.10. The van der Waals surface area contributed by atoms with Gasteiger partial charge < -0.3 is 4.74 Å². The van der Waals surface area contributed by atoms with Gasteiger partial charge in [0.1, 0.15) is 0 Å². The van der Waals surface area contributed by atoms with Crippen LogP contribution in [0.25, 0.3) is 0 Å². The van der Waals surface area contributed by atoms with Crippen LogP contribution in [0.15, 0.2) is 12.4 Å². The minimum atomic E-state index is 0.688. The van der Waals surface area contributed by atoms with Crippen LogP contribution in [0.1, 0.15) is 0 Å². The van der Waals surface area contributed by atoms with E-state index in [-0.39, 0.29) is 0 Å². The van der Waals surface area contributed by atoms with Gasteiger partial charge in [-0.1, -0.05) is 11.6 Å². The Hall–Kier alpha value is -0.580. The molecule has 0 atom stereocenters. The third-order valence-corrected chi connectivity index (χ3v) is 2.25. The molecule has 0 aliphatic carbocycles. The molecule has 1 aliphatic heterocycles. The molecule has 0 bridgehead atoms. The zero-order valence-corrected chi connectivity index (χ0v) is 8.07. The molecule has 72 valence electrons. The highest BCUT2D eigenvalue weighted by atomic mass is 35.5. The molecule has 0 spiro atoms. The lowest BCUT2D eigenvalue weighted by atomic mass is 10.4. The molecule has 4 nitrogen and oxygen atoms in total. The summed E-state index contributed by atoms with van der Waals surface area (Å²) in [5, 5.41) is 4.80. The van der Waals surface area contributed by atoms with Crippen molar-refractivity contribution >= 4 is 11.6 Å². The van der Waals surface area contributed by atoms with Gasteiger partial charge in [-0.3, -0.25) is 9.58 Å². The van der Waals surface area contributed by atoms with Gasteiger partial charge in [0.15, 0.2) is 0 Å². The molecular formula is C8H12ClN3O. The summed E-state index contributed by atoms with van der Waals surface area (Å²) < 4.78 is 7.09. The Labute approximate surface area is 82.0 Å². The fourth-order valence-corrected chi connectivity index (χ4v) is 1.52. The van der Waals surface area contributed by atoms with E-state index in [2.05, 4.69) is 10.00 Å². The van der Waals surface area contributed by atoms with Crippen LogP contribution in [0, 0.1) is 0 Å². The highest BCUT2D eigenvalue weighted by Gasteiger charge is 2.10. The molecule has 1 aromatic heterocycles. The third kappa shape index (κ3) is 2.43. The maximum absolute atomic E-state index is 5.75. The first kappa shape index (κ1) is 8.99. The van der Waals surface area contributed by atoms with E-state index < -0.39 is 0 Å². The van der Waals surface area contributed by atoms with Crippen molar-refractivity contribution in [2.75, 3.05) is 26.3 Å². The summed E-state index contributed by atoms with van der Waals surface area (Å²) >= 11 is 5.75. The standard InChI is InChI=1S/C8H12ClN3O/c9-8-5-10-12(6-8)7-11-1-3-13-4-2-11/h5-6H,1-4,7H2. The highest BCUT2D eigenvalue weighted by molar-refractivity contribution is 6.30. The SMILES string of the molecule is Clc1cnn(CN2CCOCC2)c1. The van der Waals surface area contributed by atoms with Crippen molar-refractivity contribution in [1.29, 1.82) is 0 Å². The summed E-state index contributed by atoms with van der Waals surface area (Å²) in [6.45, 7) is 4.37. The molecule has 2 heterocycles. The van der Waals surface area contributed by atoms with Gasteiger partial charge in [-0.25, -0.2) is 0 Å². The Balaban J connectivity index is 1.89. The quantitative estimate of drug-likeness (QED) is 0.710. The van der Waals surface area contributed by atoms with E-state index in [1.807, 2.05) is 10.9 Å². The van der Waals surface area contributed by atoms with Crippen LogP contribution in [-0.2, 0) is 11.4 Å². The van der Waals surface area contributed by atoms with Gasteiger partial charge in [0.2, 0.25) is 0 Å². The third-order valence-electron chi connectivity index (χ3n) is 2.05. The Kier molecular flexibility index (Phi) is 2.83. The fraction of sp³-hybridized carbons (Fsp3) is 0.625. The lowest BCUT2D eigenvalue weighted by molar-refractivity contribution is 0.0213. The molecule has 2 rings (SSSR count). The van der Waals surface area contributed by atoms with Crippen LogP contribution in [0.5, 0.6) is 0 Å². The number of hydrogen-bond donors (Lipinski definition) is 0. The van der Waals surface area contributed by atoms with Gasteiger partial charge in [0.05, 0.1) is 31.1 Å². The number of morpholine rings is 1. The second-order valence-electron chi connectivity index (χ2n) is 3.07. The largest absolute Gasteiger partial charge is 0.379 e. The zero-order valence-electron chi connectivity index (χ0n) is 7.32. The highest BCUT2D eigenvalue weighted by Crippen LogP contribution is 2.06. The van der Waals surface area contributed by atoms with Crippen LogP contribution in [-0.4, -0.2) is 41.0 Å². The number of aromatic nitrogens is 2. The Morgan fingerprint density at radius 3 is 2.85 bits per heavy atom. The lowest BCUT2D eigenvalue weighted by Gasteiger charge is -2.26. The van der Waals surface area contributed by atoms with Crippen molar-refractivity contribution in [3.8, 4) is 0 Å². The van der Waals surface area contributed by atoms with Gasteiger partial charge in [-0.05, 0) is 0 Å². The predicted molar refractivity (Wildman–Crippen MR) is 49.6 cm³/mol. The summed E-state index contributed by atoms with van der Waals surface area (Å²) in [7, 11) is 0.